The largest absolute Gasteiger partial charge is 0.459 e. The van der Waals surface area contributed by atoms with E-state index in [1.807, 2.05) is 25.1 Å². The second-order valence-electron chi connectivity index (χ2n) is 4.57. The molecular weight excluding hydrogens is 254 g/mol. The first kappa shape index (κ1) is 15.0. The van der Waals surface area contributed by atoms with E-state index in [9.17, 15) is 0 Å². The number of rotatable bonds is 9. The summed E-state index contributed by atoms with van der Waals surface area (Å²) in [6.45, 7) is 7.48. The number of para-hydroxylation sites is 1. The number of hydrogen-bond donors (Lipinski definition) is 1. The van der Waals surface area contributed by atoms with Crippen molar-refractivity contribution in [1.82, 2.24) is 5.32 Å². The molecule has 2 rings (SSSR count). The molecule has 4 heteroatoms. The molecule has 2 aromatic rings. The molecule has 0 saturated carbocycles. The van der Waals surface area contributed by atoms with Gasteiger partial charge in [0.25, 0.3) is 0 Å². The normalized spacial score (nSPS) is 12.9. The molecule has 0 radical (unpaired) electrons. The highest BCUT2D eigenvalue weighted by molar-refractivity contribution is 5.77. The van der Waals surface area contributed by atoms with Crippen molar-refractivity contribution < 1.29 is 13.9 Å². The predicted octanol–water partition coefficient (Wildman–Crippen LogP) is 3.14. The molecule has 20 heavy (non-hydrogen) atoms. The molecule has 0 amide bonds. The Morgan fingerprint density at radius 3 is 2.70 bits per heavy atom. The molecule has 1 heterocycles. The molecule has 0 bridgehead atoms. The van der Waals surface area contributed by atoms with E-state index in [0.717, 1.165) is 29.9 Å². The molecule has 1 aromatic heterocycles. The molecule has 0 aliphatic rings. The van der Waals surface area contributed by atoms with Gasteiger partial charge in [-0.2, -0.15) is 0 Å². The topological polar surface area (TPSA) is 43.6 Å². The minimum absolute atomic E-state index is 0.0778. The summed E-state index contributed by atoms with van der Waals surface area (Å²) in [5, 5.41) is 4.52. The second kappa shape index (κ2) is 8.04. The summed E-state index contributed by atoms with van der Waals surface area (Å²) in [5.74, 6) is 0.921. The Morgan fingerprint density at radius 2 is 1.95 bits per heavy atom. The van der Waals surface area contributed by atoms with Crippen LogP contribution >= 0.6 is 0 Å². The van der Waals surface area contributed by atoms with E-state index >= 15 is 0 Å². The fourth-order valence-electron chi connectivity index (χ4n) is 2.13. The molecule has 1 N–H and O–H groups in total. The Labute approximate surface area is 120 Å². The molecule has 1 unspecified atom stereocenters. The first-order chi connectivity index (χ1) is 9.85. The van der Waals surface area contributed by atoms with Crippen molar-refractivity contribution in [3.63, 3.8) is 0 Å². The summed E-state index contributed by atoms with van der Waals surface area (Å²) in [4.78, 5) is 0. The maximum absolute atomic E-state index is 5.89. The van der Waals surface area contributed by atoms with Crippen molar-refractivity contribution in [2.45, 2.75) is 19.9 Å². The zero-order valence-electron chi connectivity index (χ0n) is 12.2. The fraction of sp³-hybridized carbons (Fsp3) is 0.500. The van der Waals surface area contributed by atoms with Crippen LogP contribution in [0.3, 0.4) is 0 Å². The fourth-order valence-corrected chi connectivity index (χ4v) is 2.13. The maximum atomic E-state index is 5.89. The van der Waals surface area contributed by atoms with Crippen molar-refractivity contribution in [3.05, 3.63) is 36.1 Å². The average Bonchev–Trinajstić information content (AvgIpc) is 2.89. The lowest BCUT2D eigenvalue weighted by Crippen LogP contribution is -2.25. The van der Waals surface area contributed by atoms with Crippen molar-refractivity contribution in [2.24, 2.45) is 0 Å². The SMILES string of the molecule is CCNC(COCCOCC)c1cc2ccccc2o1. The third-order valence-electron chi connectivity index (χ3n) is 3.10. The van der Waals surface area contributed by atoms with Crippen LogP contribution in [0, 0.1) is 0 Å². The Morgan fingerprint density at radius 1 is 1.15 bits per heavy atom. The first-order valence-corrected chi connectivity index (χ1v) is 7.22. The number of nitrogens with one attached hydrogen (secondary N) is 1. The Kier molecular flexibility index (Phi) is 6.05. The van der Waals surface area contributed by atoms with Gasteiger partial charge in [-0.15, -0.1) is 0 Å². The zero-order valence-corrected chi connectivity index (χ0v) is 12.2. The molecule has 0 aliphatic heterocycles. The van der Waals surface area contributed by atoms with Gasteiger partial charge in [0.05, 0.1) is 25.9 Å². The third kappa shape index (κ3) is 4.07. The standard InChI is InChI=1S/C16H23NO3/c1-3-17-14(12-19-10-9-18-4-2)16-11-13-7-5-6-8-15(13)20-16/h5-8,11,14,17H,3-4,9-10,12H2,1-2H3. The molecule has 4 nitrogen and oxygen atoms in total. The van der Waals surface area contributed by atoms with E-state index in [2.05, 4.69) is 24.4 Å². The quantitative estimate of drug-likeness (QED) is 0.715. The average molecular weight is 277 g/mol. The monoisotopic (exact) mass is 277 g/mol. The Balaban J connectivity index is 1.96. The van der Waals surface area contributed by atoms with Crippen molar-refractivity contribution >= 4 is 11.0 Å². The van der Waals surface area contributed by atoms with Crippen LogP contribution in [-0.2, 0) is 9.47 Å². The molecule has 0 saturated heterocycles. The van der Waals surface area contributed by atoms with Crippen LogP contribution in [0.1, 0.15) is 25.6 Å². The highest BCUT2D eigenvalue weighted by Gasteiger charge is 2.15. The number of benzene rings is 1. The van der Waals surface area contributed by atoms with Gasteiger partial charge in [-0.3, -0.25) is 0 Å². The lowest BCUT2D eigenvalue weighted by Gasteiger charge is -2.15. The highest BCUT2D eigenvalue weighted by Crippen LogP contribution is 2.24. The summed E-state index contributed by atoms with van der Waals surface area (Å²) in [6.07, 6.45) is 0. The third-order valence-corrected chi connectivity index (χ3v) is 3.10. The van der Waals surface area contributed by atoms with E-state index in [4.69, 9.17) is 13.9 Å². The minimum Gasteiger partial charge on any atom is -0.459 e. The van der Waals surface area contributed by atoms with Crippen LogP contribution in [0.25, 0.3) is 11.0 Å². The van der Waals surface area contributed by atoms with Gasteiger partial charge in [0.1, 0.15) is 11.3 Å². The molecule has 1 aromatic carbocycles. The van der Waals surface area contributed by atoms with Crippen LogP contribution in [0.2, 0.25) is 0 Å². The Hall–Kier alpha value is -1.36. The number of ether oxygens (including phenoxy) is 2. The van der Waals surface area contributed by atoms with Gasteiger partial charge >= 0.3 is 0 Å². The smallest absolute Gasteiger partial charge is 0.134 e. The second-order valence-corrected chi connectivity index (χ2v) is 4.57. The van der Waals surface area contributed by atoms with Crippen LogP contribution < -0.4 is 5.32 Å². The van der Waals surface area contributed by atoms with Gasteiger partial charge in [-0.05, 0) is 25.6 Å². The molecule has 1 atom stereocenters. The molecular formula is C16H23NO3. The molecule has 0 aliphatic carbocycles. The van der Waals surface area contributed by atoms with E-state index in [1.165, 1.54) is 0 Å². The predicted molar refractivity (Wildman–Crippen MR) is 79.9 cm³/mol. The van der Waals surface area contributed by atoms with Gasteiger partial charge in [0.15, 0.2) is 0 Å². The van der Waals surface area contributed by atoms with Gasteiger partial charge in [-0.25, -0.2) is 0 Å². The highest BCUT2D eigenvalue weighted by atomic mass is 16.5. The summed E-state index contributed by atoms with van der Waals surface area (Å²) in [5.41, 5.74) is 0.916. The minimum atomic E-state index is 0.0778. The number of hydrogen-bond acceptors (Lipinski definition) is 4. The van der Waals surface area contributed by atoms with E-state index in [0.29, 0.717) is 19.8 Å². The summed E-state index contributed by atoms with van der Waals surface area (Å²) < 4.78 is 16.8. The number of fused-ring (bicyclic) bond motifs is 1. The molecule has 110 valence electrons. The molecule has 0 spiro atoms. The van der Waals surface area contributed by atoms with E-state index in [1.54, 1.807) is 0 Å². The lowest BCUT2D eigenvalue weighted by molar-refractivity contribution is 0.0413. The van der Waals surface area contributed by atoms with E-state index in [-0.39, 0.29) is 6.04 Å². The zero-order chi connectivity index (χ0) is 14.2. The van der Waals surface area contributed by atoms with Gasteiger partial charge in [0, 0.05) is 12.0 Å². The lowest BCUT2D eigenvalue weighted by atomic mass is 10.2. The molecule has 0 fully saturated rings. The van der Waals surface area contributed by atoms with Crippen molar-refractivity contribution in [2.75, 3.05) is 33.0 Å². The van der Waals surface area contributed by atoms with Gasteiger partial charge in [0.2, 0.25) is 0 Å². The van der Waals surface area contributed by atoms with Gasteiger partial charge < -0.3 is 19.2 Å². The number of furan rings is 1. The van der Waals surface area contributed by atoms with Crippen LogP contribution in [0.5, 0.6) is 0 Å². The van der Waals surface area contributed by atoms with Crippen molar-refractivity contribution in [1.29, 1.82) is 0 Å². The van der Waals surface area contributed by atoms with Gasteiger partial charge in [-0.1, -0.05) is 25.1 Å². The number of likely N-dealkylation sites (N-methyl/N-ethyl adjacent to an activating group) is 1. The first-order valence-electron chi connectivity index (χ1n) is 7.22. The van der Waals surface area contributed by atoms with Crippen LogP contribution in [0.4, 0.5) is 0 Å². The maximum Gasteiger partial charge on any atom is 0.134 e. The summed E-state index contributed by atoms with van der Waals surface area (Å²) in [7, 11) is 0. The summed E-state index contributed by atoms with van der Waals surface area (Å²) in [6, 6.07) is 10.2. The van der Waals surface area contributed by atoms with Crippen LogP contribution in [0.15, 0.2) is 34.7 Å². The van der Waals surface area contributed by atoms with Crippen LogP contribution in [-0.4, -0.2) is 33.0 Å². The van der Waals surface area contributed by atoms with Crippen molar-refractivity contribution in [3.8, 4) is 0 Å². The van der Waals surface area contributed by atoms with E-state index < -0.39 is 0 Å². The Bertz CT molecular complexity index is 476. The summed E-state index contributed by atoms with van der Waals surface area (Å²) >= 11 is 0.